The molecule has 36 heavy (non-hydrogen) atoms. The van der Waals surface area contributed by atoms with Crippen LogP contribution in [0.2, 0.25) is 0 Å². The summed E-state index contributed by atoms with van der Waals surface area (Å²) >= 11 is 0. The summed E-state index contributed by atoms with van der Waals surface area (Å²) in [5.74, 6) is 0.736. The number of anilines is 1. The summed E-state index contributed by atoms with van der Waals surface area (Å²) in [4.78, 5) is 30.5. The van der Waals surface area contributed by atoms with Crippen LogP contribution in [0.5, 0.6) is 5.75 Å². The first-order valence-electron chi connectivity index (χ1n) is 12.2. The predicted octanol–water partition coefficient (Wildman–Crippen LogP) is 3.22. The second-order valence-electron chi connectivity index (χ2n) is 9.20. The van der Waals surface area contributed by atoms with Crippen LogP contribution in [-0.2, 0) is 17.9 Å². The zero-order valence-corrected chi connectivity index (χ0v) is 21.0. The number of piperazine rings is 1. The molecule has 1 amide bonds. The fourth-order valence-corrected chi connectivity index (χ4v) is 5.00. The van der Waals surface area contributed by atoms with Crippen molar-refractivity contribution < 1.29 is 9.53 Å². The predicted molar refractivity (Wildman–Crippen MR) is 141 cm³/mol. The lowest BCUT2D eigenvalue weighted by molar-refractivity contribution is -0.132. The number of fused-ring (bicyclic) bond motifs is 1. The van der Waals surface area contributed by atoms with E-state index in [4.69, 9.17) is 4.74 Å². The highest BCUT2D eigenvalue weighted by atomic mass is 16.5. The lowest BCUT2D eigenvalue weighted by Crippen LogP contribution is -2.50. The van der Waals surface area contributed by atoms with Crippen molar-refractivity contribution in [2.24, 2.45) is 0 Å². The van der Waals surface area contributed by atoms with Gasteiger partial charge in [0.15, 0.2) is 0 Å². The van der Waals surface area contributed by atoms with Crippen LogP contribution in [0.3, 0.4) is 0 Å². The molecule has 3 heterocycles. The van der Waals surface area contributed by atoms with Crippen molar-refractivity contribution in [2.75, 3.05) is 38.2 Å². The van der Waals surface area contributed by atoms with E-state index >= 15 is 0 Å². The van der Waals surface area contributed by atoms with Crippen molar-refractivity contribution in [2.45, 2.75) is 26.9 Å². The van der Waals surface area contributed by atoms with E-state index in [0.717, 1.165) is 41.3 Å². The Hall–Kier alpha value is -4.07. The topological polar surface area (TPSA) is 72.6 Å². The minimum atomic E-state index is -0.217. The quantitative estimate of drug-likeness (QED) is 0.419. The fourth-order valence-electron chi connectivity index (χ4n) is 5.00. The third-order valence-corrected chi connectivity index (χ3v) is 7.14. The first-order valence-corrected chi connectivity index (χ1v) is 12.2. The second kappa shape index (κ2) is 9.89. The van der Waals surface area contributed by atoms with E-state index in [1.54, 1.807) is 13.3 Å². The smallest absolute Gasteiger partial charge is 0.276 e. The van der Waals surface area contributed by atoms with Gasteiger partial charge in [0.1, 0.15) is 12.3 Å². The average molecular weight is 486 g/mol. The molecule has 0 N–H and O–H groups in total. The van der Waals surface area contributed by atoms with Gasteiger partial charge in [0.2, 0.25) is 5.91 Å². The molecular formula is C28H31N5O3. The van der Waals surface area contributed by atoms with Crippen LogP contribution in [-0.4, -0.2) is 58.4 Å². The Morgan fingerprint density at radius 2 is 1.64 bits per heavy atom. The highest BCUT2D eigenvalue weighted by Crippen LogP contribution is 2.23. The first-order chi connectivity index (χ1) is 17.5. The highest BCUT2D eigenvalue weighted by Gasteiger charge is 2.23. The van der Waals surface area contributed by atoms with Gasteiger partial charge in [-0.05, 0) is 43.7 Å². The molecule has 0 saturated carbocycles. The number of carbonyl (C=O) groups excluding carboxylic acids is 1. The molecule has 0 radical (unpaired) electrons. The van der Waals surface area contributed by atoms with Crippen molar-refractivity contribution in [3.63, 3.8) is 0 Å². The zero-order chi connectivity index (χ0) is 25.2. The Bertz CT molecular complexity index is 1430. The van der Waals surface area contributed by atoms with Gasteiger partial charge in [-0.3, -0.25) is 9.59 Å². The number of nitrogens with zero attached hydrogens (tertiary/aromatic N) is 5. The number of aromatic nitrogens is 3. The third kappa shape index (κ3) is 4.46. The normalized spacial score (nSPS) is 13.9. The summed E-state index contributed by atoms with van der Waals surface area (Å²) in [5, 5.41) is 5.84. The van der Waals surface area contributed by atoms with Gasteiger partial charge >= 0.3 is 0 Å². The van der Waals surface area contributed by atoms with E-state index in [1.165, 1.54) is 10.2 Å². The van der Waals surface area contributed by atoms with Gasteiger partial charge in [0.05, 0.1) is 18.7 Å². The second-order valence-corrected chi connectivity index (χ2v) is 9.20. The van der Waals surface area contributed by atoms with Gasteiger partial charge < -0.3 is 19.1 Å². The van der Waals surface area contributed by atoms with E-state index in [9.17, 15) is 9.59 Å². The van der Waals surface area contributed by atoms with E-state index in [-0.39, 0.29) is 18.0 Å². The molecule has 0 aliphatic carbocycles. The molecule has 0 atom stereocenters. The largest absolute Gasteiger partial charge is 0.497 e. The van der Waals surface area contributed by atoms with Crippen molar-refractivity contribution >= 4 is 22.4 Å². The Kier molecular flexibility index (Phi) is 6.50. The molecule has 5 rings (SSSR count). The van der Waals surface area contributed by atoms with E-state index in [1.807, 2.05) is 61.2 Å². The Morgan fingerprint density at radius 1 is 0.944 bits per heavy atom. The summed E-state index contributed by atoms with van der Waals surface area (Å²) in [7, 11) is 1.65. The van der Waals surface area contributed by atoms with Crippen LogP contribution in [0.1, 0.15) is 17.0 Å². The molecule has 0 bridgehead atoms. The number of amides is 1. The Balaban J connectivity index is 1.30. The molecule has 8 heteroatoms. The van der Waals surface area contributed by atoms with Gasteiger partial charge in [-0.2, -0.15) is 5.10 Å². The summed E-state index contributed by atoms with van der Waals surface area (Å²) in [6, 6.07) is 18.1. The van der Waals surface area contributed by atoms with Crippen molar-refractivity contribution in [3.05, 3.63) is 88.1 Å². The molecule has 2 aromatic carbocycles. The molecule has 8 nitrogen and oxygen atoms in total. The minimum Gasteiger partial charge on any atom is -0.497 e. The number of ether oxygens (including phenoxy) is 1. The summed E-state index contributed by atoms with van der Waals surface area (Å²) < 4.78 is 8.69. The molecule has 4 aromatic rings. The lowest BCUT2D eigenvalue weighted by atomic mass is 10.2. The molecular weight excluding hydrogens is 454 g/mol. The first kappa shape index (κ1) is 23.7. The number of hydrogen-bond acceptors (Lipinski definition) is 5. The summed E-state index contributed by atoms with van der Waals surface area (Å²) in [6.45, 7) is 7.28. The number of benzene rings is 2. The molecule has 1 aliphatic rings. The highest BCUT2D eigenvalue weighted by molar-refractivity contribution is 5.87. The number of rotatable bonds is 6. The lowest BCUT2D eigenvalue weighted by Gasteiger charge is -2.36. The Morgan fingerprint density at radius 3 is 2.31 bits per heavy atom. The number of hydrogen-bond donors (Lipinski definition) is 0. The Labute approximate surface area is 210 Å². The van der Waals surface area contributed by atoms with Crippen LogP contribution in [0.15, 0.2) is 65.6 Å². The molecule has 2 aromatic heterocycles. The van der Waals surface area contributed by atoms with Crippen LogP contribution in [0, 0.1) is 13.8 Å². The molecule has 186 valence electrons. The maximum absolute atomic E-state index is 13.4. The third-order valence-electron chi connectivity index (χ3n) is 7.14. The average Bonchev–Trinajstić information content (AvgIpc) is 3.16. The van der Waals surface area contributed by atoms with Crippen LogP contribution < -0.4 is 15.2 Å². The summed E-state index contributed by atoms with van der Waals surface area (Å²) in [5.41, 5.74) is 3.96. The zero-order valence-electron chi connectivity index (χ0n) is 21.0. The molecule has 0 unspecified atom stereocenters. The molecule has 0 spiro atoms. The van der Waals surface area contributed by atoms with E-state index in [2.05, 4.69) is 26.7 Å². The summed E-state index contributed by atoms with van der Waals surface area (Å²) in [6.07, 6.45) is 1.72. The van der Waals surface area contributed by atoms with Crippen LogP contribution >= 0.6 is 0 Å². The maximum atomic E-state index is 13.4. The van der Waals surface area contributed by atoms with Gasteiger partial charge in [-0.1, -0.05) is 30.3 Å². The van der Waals surface area contributed by atoms with E-state index < -0.39 is 0 Å². The van der Waals surface area contributed by atoms with E-state index in [0.29, 0.717) is 25.0 Å². The van der Waals surface area contributed by atoms with Gasteiger partial charge in [0.25, 0.3) is 5.56 Å². The SMILES string of the molecule is COc1ccc(N2CCN(C(=O)Cn3ncc4c(C)n(Cc5ccccc5)c(C)c4c3=O)CC2)cc1. The molecule has 1 saturated heterocycles. The van der Waals surface area contributed by atoms with Crippen molar-refractivity contribution in [3.8, 4) is 5.75 Å². The van der Waals surface area contributed by atoms with Crippen LogP contribution in [0.25, 0.3) is 10.8 Å². The van der Waals surface area contributed by atoms with Gasteiger partial charge in [-0.15, -0.1) is 0 Å². The number of aryl methyl sites for hydroxylation is 2. The minimum absolute atomic E-state index is 0.0559. The molecule has 1 fully saturated rings. The van der Waals surface area contributed by atoms with Crippen molar-refractivity contribution in [1.82, 2.24) is 19.2 Å². The molecule has 1 aliphatic heterocycles. The van der Waals surface area contributed by atoms with Gasteiger partial charge in [-0.25, -0.2) is 4.68 Å². The van der Waals surface area contributed by atoms with Crippen molar-refractivity contribution in [1.29, 1.82) is 0 Å². The number of methoxy groups -OCH3 is 1. The van der Waals surface area contributed by atoms with Crippen LogP contribution in [0.4, 0.5) is 5.69 Å². The monoisotopic (exact) mass is 485 g/mol. The maximum Gasteiger partial charge on any atom is 0.276 e. The standard InChI is InChI=1S/C28H31N5O3/c1-20-25-17-29-33(28(35)27(25)21(2)32(20)18-22-7-5-4-6-8-22)19-26(34)31-15-13-30(14-16-31)23-9-11-24(36-3)12-10-23/h4-12,17H,13-16,18-19H2,1-3H3. The fraction of sp³-hybridized carbons (Fsp3) is 0.321. The number of carbonyl (C=O) groups is 1. The van der Waals surface area contributed by atoms with Gasteiger partial charge in [0, 0.05) is 55.2 Å².